The van der Waals surface area contributed by atoms with Gasteiger partial charge >= 0.3 is 7.80 Å². The Morgan fingerprint density at radius 3 is 2.09 bits per heavy atom. The molecule has 1 aliphatic carbocycles. The lowest BCUT2D eigenvalue weighted by atomic mass is 9.80. The second-order valence-electron chi connectivity index (χ2n) is 7.65. The molecule has 2 rings (SSSR count). The third kappa shape index (κ3) is 3.74. The number of hydrogen-bond acceptors (Lipinski definition) is 2. The first kappa shape index (κ1) is 18.3. The molecule has 1 aromatic rings. The van der Waals surface area contributed by atoms with E-state index in [9.17, 15) is 9.36 Å². The number of ketones is 1. The van der Waals surface area contributed by atoms with Gasteiger partial charge in [-0.05, 0) is 50.7 Å². The Morgan fingerprint density at radius 1 is 1.09 bits per heavy atom. The lowest BCUT2D eigenvalue weighted by molar-refractivity contribution is 0.0911. The fourth-order valence-corrected chi connectivity index (χ4v) is 6.17. The molecule has 0 spiro atoms. The molecule has 1 saturated carbocycles. The van der Waals surface area contributed by atoms with Crippen LogP contribution in [0, 0.1) is 26.7 Å². The van der Waals surface area contributed by atoms with E-state index < -0.39 is 13.0 Å². The number of aryl methyl sites for hydroxylation is 3. The van der Waals surface area contributed by atoms with Crippen molar-refractivity contribution in [3.63, 3.8) is 0 Å². The van der Waals surface area contributed by atoms with E-state index in [-0.39, 0.29) is 5.78 Å². The van der Waals surface area contributed by atoms with Gasteiger partial charge in [0.05, 0.1) is 0 Å². The van der Waals surface area contributed by atoms with Crippen molar-refractivity contribution in [2.75, 3.05) is 6.16 Å². The summed E-state index contributed by atoms with van der Waals surface area (Å²) in [7, 11) is -1.52. The standard InChI is InChI=1S/C20H30O2P/c1-14(2)13-23(22)20(9-7-6-8-10-20)19(21)18-16(4)11-15(3)12-17(18)5/h11-12,14H,6-10,13H2,1-5H3/q+1. The predicted octanol–water partition coefficient (Wildman–Crippen LogP) is 5.98. The van der Waals surface area contributed by atoms with Gasteiger partial charge in [0.25, 0.3) is 0 Å². The van der Waals surface area contributed by atoms with Gasteiger partial charge in [0.2, 0.25) is 10.9 Å². The van der Waals surface area contributed by atoms with Crippen LogP contribution in [-0.2, 0) is 4.57 Å². The first-order valence-corrected chi connectivity index (χ1v) is 10.3. The molecule has 0 N–H and O–H groups in total. The Labute approximate surface area is 141 Å². The van der Waals surface area contributed by atoms with Crippen molar-refractivity contribution < 1.29 is 9.36 Å². The Balaban J connectivity index is 2.48. The second kappa shape index (κ2) is 7.26. The highest BCUT2D eigenvalue weighted by molar-refractivity contribution is 7.48. The van der Waals surface area contributed by atoms with Gasteiger partial charge in [0.1, 0.15) is 6.16 Å². The molecule has 2 nitrogen and oxygen atoms in total. The van der Waals surface area contributed by atoms with E-state index in [1.54, 1.807) is 0 Å². The third-order valence-electron chi connectivity index (χ3n) is 5.02. The quantitative estimate of drug-likeness (QED) is 0.490. The lowest BCUT2D eigenvalue weighted by Gasteiger charge is -2.28. The van der Waals surface area contributed by atoms with Gasteiger partial charge in [0.15, 0.2) is 0 Å². The molecule has 0 bridgehead atoms. The highest BCUT2D eigenvalue weighted by Gasteiger charge is 2.55. The molecule has 0 aliphatic heterocycles. The molecule has 1 aliphatic rings. The van der Waals surface area contributed by atoms with Crippen LogP contribution in [0.2, 0.25) is 0 Å². The summed E-state index contributed by atoms with van der Waals surface area (Å²) in [5.41, 5.74) is 4.07. The number of hydrogen-bond donors (Lipinski definition) is 0. The largest absolute Gasteiger partial charge is 0.353 e. The van der Waals surface area contributed by atoms with Crippen molar-refractivity contribution in [2.24, 2.45) is 5.92 Å². The minimum Gasteiger partial charge on any atom is -0.289 e. The molecule has 0 saturated heterocycles. The summed E-state index contributed by atoms with van der Waals surface area (Å²) < 4.78 is 13.2. The van der Waals surface area contributed by atoms with E-state index in [1.165, 1.54) is 5.56 Å². The van der Waals surface area contributed by atoms with Crippen molar-refractivity contribution in [1.29, 1.82) is 0 Å². The van der Waals surface area contributed by atoms with Crippen LogP contribution in [0.3, 0.4) is 0 Å². The van der Waals surface area contributed by atoms with Crippen LogP contribution in [0.4, 0.5) is 0 Å². The number of Topliss-reactive ketones (excluding diaryl/α,β-unsaturated/α-hetero) is 1. The monoisotopic (exact) mass is 333 g/mol. The molecule has 3 heteroatoms. The zero-order valence-electron chi connectivity index (χ0n) is 15.2. The van der Waals surface area contributed by atoms with Crippen LogP contribution in [-0.4, -0.2) is 17.1 Å². The van der Waals surface area contributed by atoms with Gasteiger partial charge in [-0.15, -0.1) is 0 Å². The van der Waals surface area contributed by atoms with Crippen molar-refractivity contribution >= 4 is 13.6 Å². The molecular weight excluding hydrogens is 303 g/mol. The van der Waals surface area contributed by atoms with Crippen LogP contribution in [0.15, 0.2) is 12.1 Å². The first-order valence-electron chi connectivity index (χ1n) is 8.85. The molecule has 1 atom stereocenters. The Bertz CT molecular complexity index is 587. The maximum atomic E-state index is 13.5. The predicted molar refractivity (Wildman–Crippen MR) is 98.1 cm³/mol. The minimum atomic E-state index is -1.52. The van der Waals surface area contributed by atoms with Crippen LogP contribution >= 0.6 is 7.80 Å². The molecule has 23 heavy (non-hydrogen) atoms. The third-order valence-corrected chi connectivity index (χ3v) is 7.68. The molecular formula is C20H30O2P+. The molecule has 0 amide bonds. The van der Waals surface area contributed by atoms with Crippen LogP contribution < -0.4 is 0 Å². The fourth-order valence-electron chi connectivity index (χ4n) is 4.00. The summed E-state index contributed by atoms with van der Waals surface area (Å²) in [6.07, 6.45) is 5.45. The van der Waals surface area contributed by atoms with E-state index in [0.717, 1.165) is 48.8 Å². The molecule has 0 radical (unpaired) electrons. The summed E-state index contributed by atoms with van der Waals surface area (Å²) >= 11 is 0. The van der Waals surface area contributed by atoms with Gasteiger partial charge < -0.3 is 0 Å². The molecule has 1 aromatic carbocycles. The van der Waals surface area contributed by atoms with Gasteiger partial charge in [-0.2, -0.15) is 0 Å². The normalized spacial score (nSPS) is 18.1. The van der Waals surface area contributed by atoms with E-state index >= 15 is 0 Å². The Kier molecular flexibility index (Phi) is 5.79. The fraction of sp³-hybridized carbons (Fsp3) is 0.650. The summed E-state index contributed by atoms with van der Waals surface area (Å²) in [4.78, 5) is 13.5. The SMILES string of the molecule is Cc1cc(C)c(C(=O)C2([P+](=O)CC(C)C)CCCCC2)c(C)c1. The average molecular weight is 333 g/mol. The van der Waals surface area contributed by atoms with E-state index in [0.29, 0.717) is 12.1 Å². The summed E-state index contributed by atoms with van der Waals surface area (Å²) in [6.45, 7) is 10.3. The van der Waals surface area contributed by atoms with Gasteiger partial charge in [0, 0.05) is 18.4 Å². The first-order chi connectivity index (χ1) is 10.8. The van der Waals surface area contributed by atoms with Crippen LogP contribution in [0.5, 0.6) is 0 Å². The maximum absolute atomic E-state index is 13.5. The summed E-state index contributed by atoms with van der Waals surface area (Å²) in [6, 6.07) is 4.15. The van der Waals surface area contributed by atoms with E-state index in [2.05, 4.69) is 32.9 Å². The Morgan fingerprint density at radius 2 is 1.61 bits per heavy atom. The lowest BCUT2D eigenvalue weighted by Crippen LogP contribution is -2.39. The molecule has 1 fully saturated rings. The van der Waals surface area contributed by atoms with E-state index in [1.807, 2.05) is 13.8 Å². The average Bonchev–Trinajstić information content (AvgIpc) is 2.46. The molecule has 0 heterocycles. The zero-order valence-corrected chi connectivity index (χ0v) is 16.1. The van der Waals surface area contributed by atoms with Gasteiger partial charge in [-0.3, -0.25) is 4.79 Å². The van der Waals surface area contributed by atoms with Crippen LogP contribution in [0.1, 0.15) is 73.0 Å². The molecule has 1 unspecified atom stereocenters. The second-order valence-corrected chi connectivity index (χ2v) is 9.63. The number of carbonyl (C=O) groups excluding carboxylic acids is 1. The highest BCUT2D eigenvalue weighted by atomic mass is 31.1. The van der Waals surface area contributed by atoms with Crippen molar-refractivity contribution in [3.8, 4) is 0 Å². The number of benzene rings is 1. The van der Waals surface area contributed by atoms with Crippen molar-refractivity contribution in [2.45, 2.75) is 71.9 Å². The number of carbonyl (C=O) groups is 1. The van der Waals surface area contributed by atoms with Gasteiger partial charge in [-0.25, -0.2) is 0 Å². The minimum absolute atomic E-state index is 0.147. The number of rotatable bonds is 5. The van der Waals surface area contributed by atoms with Crippen molar-refractivity contribution in [3.05, 3.63) is 34.4 Å². The summed E-state index contributed by atoms with van der Waals surface area (Å²) in [5, 5.41) is -0.622. The maximum Gasteiger partial charge on any atom is 0.353 e. The summed E-state index contributed by atoms with van der Waals surface area (Å²) in [5.74, 6) is 0.513. The van der Waals surface area contributed by atoms with Crippen LogP contribution in [0.25, 0.3) is 0 Å². The molecule has 0 aromatic heterocycles. The van der Waals surface area contributed by atoms with Gasteiger partial charge in [-0.1, -0.05) is 42.5 Å². The van der Waals surface area contributed by atoms with E-state index in [4.69, 9.17) is 0 Å². The Hall–Kier alpha value is -1.01. The zero-order chi connectivity index (χ0) is 17.2. The van der Waals surface area contributed by atoms with Crippen molar-refractivity contribution in [1.82, 2.24) is 0 Å². The highest BCUT2D eigenvalue weighted by Crippen LogP contribution is 2.52. The smallest absolute Gasteiger partial charge is 0.289 e. The molecule has 126 valence electrons. The topological polar surface area (TPSA) is 34.1 Å².